The van der Waals surface area contributed by atoms with Gasteiger partial charge in [-0.25, -0.2) is 4.98 Å². The minimum absolute atomic E-state index is 0.00898. The van der Waals surface area contributed by atoms with Crippen molar-refractivity contribution in [2.24, 2.45) is 0 Å². The number of hydrogen-bond acceptors (Lipinski definition) is 6. The molecule has 3 aromatic rings. The lowest BCUT2D eigenvalue weighted by Crippen LogP contribution is -2.50. The monoisotopic (exact) mass is 430 g/mol. The molecule has 9 heteroatoms. The van der Waals surface area contributed by atoms with E-state index in [0.717, 1.165) is 11.4 Å². The first-order valence-electron chi connectivity index (χ1n) is 9.16. The average molecular weight is 431 g/mol. The number of aromatic nitrogens is 1. The summed E-state index contributed by atoms with van der Waals surface area (Å²) < 4.78 is 5.16. The zero-order valence-corrected chi connectivity index (χ0v) is 17.1. The fourth-order valence-electron chi connectivity index (χ4n) is 3.12. The molecule has 2 amide bonds. The summed E-state index contributed by atoms with van der Waals surface area (Å²) in [5.74, 6) is 0.194. The van der Waals surface area contributed by atoms with Crippen molar-refractivity contribution in [3.63, 3.8) is 0 Å². The van der Waals surface area contributed by atoms with Crippen LogP contribution >= 0.6 is 22.9 Å². The van der Waals surface area contributed by atoms with Crippen molar-refractivity contribution in [2.75, 3.05) is 31.5 Å². The van der Waals surface area contributed by atoms with Gasteiger partial charge in [-0.1, -0.05) is 17.7 Å². The molecule has 0 radical (unpaired) electrons. The van der Waals surface area contributed by atoms with Crippen LogP contribution in [0.2, 0.25) is 5.02 Å². The van der Waals surface area contributed by atoms with E-state index in [0.29, 0.717) is 42.1 Å². The van der Waals surface area contributed by atoms with Gasteiger partial charge in [-0.3, -0.25) is 9.59 Å². The molecule has 1 N–H and O–H groups in total. The Morgan fingerprint density at radius 2 is 1.93 bits per heavy atom. The third-order valence-corrected chi connectivity index (χ3v) is 5.65. The number of halogens is 1. The van der Waals surface area contributed by atoms with Crippen LogP contribution in [0.5, 0.6) is 0 Å². The largest absolute Gasteiger partial charge is 0.459 e. The molecule has 1 aliphatic rings. The van der Waals surface area contributed by atoms with Crippen molar-refractivity contribution in [1.29, 1.82) is 0 Å². The van der Waals surface area contributed by atoms with Gasteiger partial charge in [0.25, 0.3) is 5.91 Å². The van der Waals surface area contributed by atoms with Gasteiger partial charge < -0.3 is 19.5 Å². The molecule has 4 rings (SSSR count). The highest BCUT2D eigenvalue weighted by Crippen LogP contribution is 2.23. The minimum atomic E-state index is -0.140. The second-order valence-electron chi connectivity index (χ2n) is 6.61. The highest BCUT2D eigenvalue weighted by Gasteiger charge is 2.26. The molecular weight excluding hydrogens is 412 g/mol. The molecule has 0 aliphatic carbocycles. The molecule has 0 saturated carbocycles. The van der Waals surface area contributed by atoms with E-state index >= 15 is 0 Å². The van der Waals surface area contributed by atoms with Crippen LogP contribution in [0.1, 0.15) is 16.2 Å². The van der Waals surface area contributed by atoms with Crippen molar-refractivity contribution in [2.45, 2.75) is 6.42 Å². The molecule has 0 bridgehead atoms. The summed E-state index contributed by atoms with van der Waals surface area (Å²) in [6.07, 6.45) is 1.72. The number of nitrogens with zero attached hydrogens (tertiary/aromatic N) is 3. The average Bonchev–Trinajstić information content (AvgIpc) is 3.40. The lowest BCUT2D eigenvalue weighted by molar-refractivity contribution is -0.132. The summed E-state index contributed by atoms with van der Waals surface area (Å²) in [6.45, 7) is 1.99. The van der Waals surface area contributed by atoms with Gasteiger partial charge >= 0.3 is 0 Å². The molecule has 29 heavy (non-hydrogen) atoms. The summed E-state index contributed by atoms with van der Waals surface area (Å²) >= 11 is 7.44. The van der Waals surface area contributed by atoms with E-state index in [2.05, 4.69) is 10.3 Å². The topological polar surface area (TPSA) is 78.7 Å². The molecule has 1 aromatic carbocycles. The predicted octanol–water partition coefficient (Wildman–Crippen LogP) is 3.66. The van der Waals surface area contributed by atoms with Gasteiger partial charge in [0.1, 0.15) is 0 Å². The number of thiazole rings is 1. The SMILES string of the molecule is O=C(Cc1csc(Nc2cccc(Cl)c2)n1)N1CCN(C(=O)c2ccco2)CC1. The smallest absolute Gasteiger partial charge is 0.289 e. The highest BCUT2D eigenvalue weighted by molar-refractivity contribution is 7.13. The third-order valence-electron chi connectivity index (χ3n) is 4.61. The summed E-state index contributed by atoms with van der Waals surface area (Å²) in [5.41, 5.74) is 1.57. The van der Waals surface area contributed by atoms with Gasteiger partial charge in [-0.2, -0.15) is 0 Å². The Bertz CT molecular complexity index is 997. The van der Waals surface area contributed by atoms with Crippen LogP contribution < -0.4 is 5.32 Å². The van der Waals surface area contributed by atoms with Crippen LogP contribution in [-0.2, 0) is 11.2 Å². The number of hydrogen-bond donors (Lipinski definition) is 1. The van der Waals surface area contributed by atoms with E-state index in [9.17, 15) is 9.59 Å². The Balaban J connectivity index is 1.29. The first kappa shape index (κ1) is 19.5. The van der Waals surface area contributed by atoms with Crippen LogP contribution in [0.15, 0.2) is 52.5 Å². The molecule has 2 aromatic heterocycles. The number of anilines is 2. The van der Waals surface area contributed by atoms with Crippen molar-refractivity contribution in [3.05, 3.63) is 64.5 Å². The fraction of sp³-hybridized carbons (Fsp3) is 0.250. The molecule has 150 valence electrons. The second-order valence-corrected chi connectivity index (χ2v) is 7.90. The summed E-state index contributed by atoms with van der Waals surface area (Å²) in [4.78, 5) is 32.9. The van der Waals surface area contributed by atoms with Gasteiger partial charge in [0.2, 0.25) is 5.91 Å². The Morgan fingerprint density at radius 3 is 2.66 bits per heavy atom. The zero-order valence-electron chi connectivity index (χ0n) is 15.5. The molecule has 0 atom stereocenters. The van der Waals surface area contributed by atoms with Crippen LogP contribution in [0.25, 0.3) is 0 Å². The lowest BCUT2D eigenvalue weighted by atomic mass is 10.2. The molecular formula is C20H19ClN4O3S. The standard InChI is InChI=1S/C20H19ClN4O3S/c21-14-3-1-4-15(11-14)22-20-23-16(13-29-20)12-18(26)24-6-8-25(9-7-24)19(27)17-5-2-10-28-17/h1-5,10-11,13H,6-9,12H2,(H,22,23). The Morgan fingerprint density at radius 1 is 1.14 bits per heavy atom. The van der Waals surface area contributed by atoms with Gasteiger partial charge in [-0.05, 0) is 30.3 Å². The summed E-state index contributed by atoms with van der Waals surface area (Å²) in [5, 5.41) is 6.43. The molecule has 7 nitrogen and oxygen atoms in total. The maximum Gasteiger partial charge on any atom is 0.289 e. The maximum atomic E-state index is 12.6. The molecule has 0 spiro atoms. The van der Waals surface area contributed by atoms with E-state index in [4.69, 9.17) is 16.0 Å². The quantitative estimate of drug-likeness (QED) is 0.668. The van der Waals surface area contributed by atoms with Crippen LogP contribution in [0.3, 0.4) is 0 Å². The second kappa shape index (κ2) is 8.67. The van der Waals surface area contributed by atoms with Gasteiger partial charge in [0, 0.05) is 42.3 Å². The van der Waals surface area contributed by atoms with Crippen LogP contribution in [-0.4, -0.2) is 52.8 Å². The maximum absolute atomic E-state index is 12.6. The summed E-state index contributed by atoms with van der Waals surface area (Å²) in [6, 6.07) is 10.7. The molecule has 1 aliphatic heterocycles. The van der Waals surface area contributed by atoms with E-state index in [1.807, 2.05) is 23.6 Å². The number of benzene rings is 1. The Hall–Kier alpha value is -2.84. The fourth-order valence-corrected chi connectivity index (χ4v) is 4.04. The Kier molecular flexibility index (Phi) is 5.82. The van der Waals surface area contributed by atoms with Gasteiger partial charge in [0.15, 0.2) is 10.9 Å². The van der Waals surface area contributed by atoms with E-state index in [-0.39, 0.29) is 18.2 Å². The van der Waals surface area contributed by atoms with E-state index in [1.165, 1.54) is 17.6 Å². The van der Waals surface area contributed by atoms with Gasteiger partial charge in [-0.15, -0.1) is 11.3 Å². The summed E-state index contributed by atoms with van der Waals surface area (Å²) in [7, 11) is 0. The molecule has 0 unspecified atom stereocenters. The Labute approximate surface area is 176 Å². The number of piperazine rings is 1. The van der Waals surface area contributed by atoms with Crippen molar-refractivity contribution < 1.29 is 14.0 Å². The molecule has 3 heterocycles. The van der Waals surface area contributed by atoms with E-state index < -0.39 is 0 Å². The zero-order chi connectivity index (χ0) is 20.2. The number of nitrogens with one attached hydrogen (secondary N) is 1. The number of carbonyl (C=O) groups excluding carboxylic acids is 2. The number of amides is 2. The van der Waals surface area contributed by atoms with Crippen molar-refractivity contribution >= 4 is 45.6 Å². The normalized spacial score (nSPS) is 14.1. The highest BCUT2D eigenvalue weighted by atomic mass is 35.5. The first-order valence-corrected chi connectivity index (χ1v) is 10.4. The number of carbonyl (C=O) groups is 2. The number of rotatable bonds is 5. The van der Waals surface area contributed by atoms with Crippen molar-refractivity contribution in [3.8, 4) is 0 Å². The third kappa shape index (κ3) is 4.78. The predicted molar refractivity (Wildman–Crippen MR) is 112 cm³/mol. The minimum Gasteiger partial charge on any atom is -0.459 e. The molecule has 1 fully saturated rings. The lowest BCUT2D eigenvalue weighted by Gasteiger charge is -2.34. The molecule has 1 saturated heterocycles. The first-order chi connectivity index (χ1) is 14.1. The van der Waals surface area contributed by atoms with Crippen LogP contribution in [0.4, 0.5) is 10.8 Å². The van der Waals surface area contributed by atoms with E-state index in [1.54, 1.807) is 28.0 Å². The van der Waals surface area contributed by atoms with Gasteiger partial charge in [0.05, 0.1) is 18.4 Å². The number of furan rings is 1. The van der Waals surface area contributed by atoms with Crippen molar-refractivity contribution in [1.82, 2.24) is 14.8 Å². The van der Waals surface area contributed by atoms with Crippen LogP contribution in [0, 0.1) is 0 Å².